The van der Waals surface area contributed by atoms with Crippen molar-refractivity contribution in [3.8, 4) is 5.75 Å². The van der Waals surface area contributed by atoms with Gasteiger partial charge in [-0.1, -0.05) is 55.7 Å². The Kier molecular flexibility index (Phi) is 7.47. The van der Waals surface area contributed by atoms with Crippen LogP contribution in [0, 0.1) is 0 Å². The molecular formula is C27H33N5O4. The highest BCUT2D eigenvalue weighted by Gasteiger charge is 2.24. The number of anilines is 3. The van der Waals surface area contributed by atoms with Crippen molar-refractivity contribution < 1.29 is 9.90 Å². The minimum Gasteiger partial charge on any atom is -0.505 e. The highest BCUT2D eigenvalue weighted by molar-refractivity contribution is 5.98. The number of amides is 1. The number of phenols is 1. The summed E-state index contributed by atoms with van der Waals surface area (Å²) in [6.45, 7) is 1.90. The van der Waals surface area contributed by atoms with Gasteiger partial charge in [0.25, 0.3) is 17.0 Å². The van der Waals surface area contributed by atoms with Crippen LogP contribution in [-0.2, 0) is 0 Å². The molecule has 2 aromatic carbocycles. The molecule has 0 aliphatic heterocycles. The van der Waals surface area contributed by atoms with Crippen molar-refractivity contribution in [1.82, 2.24) is 14.7 Å². The number of para-hydroxylation sites is 1. The van der Waals surface area contributed by atoms with E-state index in [-0.39, 0.29) is 46.4 Å². The minimum atomic E-state index is -0.439. The van der Waals surface area contributed by atoms with Gasteiger partial charge in [0.2, 0.25) is 0 Å². The standard InChI is InChI=1S/C27H33N5O4/c1-17(18-11-6-4-7-12-18)28-22-23(27(36)32(30-25(22)34)19-13-8-5-9-14-19)29-21-16-10-15-20(24(21)33)26(35)31(2)3/h4,6-7,10-12,15-17,19,28-29,33H,5,8-9,13-14H2,1-3H3,(H,30,34)/t17-/m1/s1. The Bertz CT molecular complexity index is 1340. The maximum atomic E-state index is 13.7. The average molecular weight is 492 g/mol. The first kappa shape index (κ1) is 25.1. The molecule has 36 heavy (non-hydrogen) atoms. The summed E-state index contributed by atoms with van der Waals surface area (Å²) < 4.78 is 1.41. The Morgan fingerprint density at radius 2 is 1.72 bits per heavy atom. The molecule has 1 aliphatic rings. The van der Waals surface area contributed by atoms with E-state index in [2.05, 4.69) is 15.7 Å². The second kappa shape index (κ2) is 10.7. The van der Waals surface area contributed by atoms with E-state index in [1.165, 1.54) is 15.6 Å². The van der Waals surface area contributed by atoms with E-state index in [1.807, 2.05) is 37.3 Å². The van der Waals surface area contributed by atoms with Gasteiger partial charge in [-0.25, -0.2) is 4.68 Å². The van der Waals surface area contributed by atoms with Gasteiger partial charge in [-0.15, -0.1) is 0 Å². The summed E-state index contributed by atoms with van der Waals surface area (Å²) in [5.74, 6) is -0.667. The lowest BCUT2D eigenvalue weighted by molar-refractivity contribution is 0.0824. The molecule has 1 aromatic heterocycles. The normalized spacial score (nSPS) is 14.8. The van der Waals surface area contributed by atoms with Gasteiger partial charge in [-0.05, 0) is 37.5 Å². The van der Waals surface area contributed by atoms with Crippen LogP contribution in [0.3, 0.4) is 0 Å². The second-order valence-corrected chi connectivity index (χ2v) is 9.46. The molecule has 1 fully saturated rings. The number of nitrogens with one attached hydrogen (secondary N) is 3. The van der Waals surface area contributed by atoms with E-state index >= 15 is 0 Å². The highest BCUT2D eigenvalue weighted by atomic mass is 16.3. The van der Waals surface area contributed by atoms with Gasteiger partial charge >= 0.3 is 0 Å². The number of hydrogen-bond donors (Lipinski definition) is 4. The van der Waals surface area contributed by atoms with Crippen LogP contribution in [0.15, 0.2) is 58.1 Å². The molecule has 1 saturated carbocycles. The molecule has 0 spiro atoms. The zero-order chi connectivity index (χ0) is 25.8. The number of aromatic hydroxyl groups is 1. The van der Waals surface area contributed by atoms with Crippen molar-refractivity contribution >= 4 is 23.0 Å². The lowest BCUT2D eigenvalue weighted by atomic mass is 9.95. The first-order valence-electron chi connectivity index (χ1n) is 12.3. The van der Waals surface area contributed by atoms with E-state index in [9.17, 15) is 19.5 Å². The number of carbonyl (C=O) groups is 1. The summed E-state index contributed by atoms with van der Waals surface area (Å²) >= 11 is 0. The number of hydrogen-bond acceptors (Lipinski definition) is 6. The van der Waals surface area contributed by atoms with E-state index in [0.717, 1.165) is 37.7 Å². The van der Waals surface area contributed by atoms with Gasteiger partial charge in [0, 0.05) is 20.1 Å². The first-order valence-corrected chi connectivity index (χ1v) is 12.3. The topological polar surface area (TPSA) is 119 Å². The molecule has 190 valence electrons. The first-order chi connectivity index (χ1) is 17.3. The molecule has 3 aromatic rings. The van der Waals surface area contributed by atoms with Crippen LogP contribution in [0.5, 0.6) is 5.75 Å². The summed E-state index contributed by atoms with van der Waals surface area (Å²) in [6.07, 6.45) is 4.70. The molecule has 1 amide bonds. The van der Waals surface area contributed by atoms with E-state index in [0.29, 0.717) is 0 Å². The lowest BCUT2D eigenvalue weighted by Gasteiger charge is -2.25. The number of carbonyl (C=O) groups excluding carboxylic acids is 1. The Morgan fingerprint density at radius 1 is 1.03 bits per heavy atom. The van der Waals surface area contributed by atoms with Gasteiger partial charge < -0.3 is 20.6 Å². The fourth-order valence-corrected chi connectivity index (χ4v) is 4.64. The van der Waals surface area contributed by atoms with Crippen LogP contribution in [0.4, 0.5) is 17.1 Å². The van der Waals surface area contributed by atoms with Crippen molar-refractivity contribution in [3.05, 3.63) is 80.4 Å². The van der Waals surface area contributed by atoms with Gasteiger partial charge in [0.1, 0.15) is 11.4 Å². The Balaban J connectivity index is 1.81. The van der Waals surface area contributed by atoms with Crippen LogP contribution in [0.25, 0.3) is 0 Å². The summed E-state index contributed by atoms with van der Waals surface area (Å²) in [4.78, 5) is 40.9. The molecule has 9 nitrogen and oxygen atoms in total. The molecule has 1 heterocycles. The van der Waals surface area contributed by atoms with Crippen LogP contribution in [-0.4, -0.2) is 39.8 Å². The van der Waals surface area contributed by atoms with Crippen molar-refractivity contribution in [3.63, 3.8) is 0 Å². The molecule has 4 N–H and O–H groups in total. The average Bonchev–Trinajstić information content (AvgIpc) is 2.89. The number of benzene rings is 2. The Labute approximate surface area is 209 Å². The molecule has 0 unspecified atom stereocenters. The second-order valence-electron chi connectivity index (χ2n) is 9.46. The van der Waals surface area contributed by atoms with Gasteiger partial charge in [-0.3, -0.25) is 19.5 Å². The highest BCUT2D eigenvalue weighted by Crippen LogP contribution is 2.33. The van der Waals surface area contributed by atoms with Crippen LogP contribution >= 0.6 is 0 Å². The van der Waals surface area contributed by atoms with Gasteiger partial charge in [-0.2, -0.15) is 0 Å². The fraction of sp³-hybridized carbons (Fsp3) is 0.370. The minimum absolute atomic E-state index is 0.0249. The van der Waals surface area contributed by atoms with E-state index < -0.39 is 11.1 Å². The molecule has 9 heteroatoms. The van der Waals surface area contributed by atoms with Crippen LogP contribution in [0.1, 0.15) is 67.0 Å². The van der Waals surface area contributed by atoms with Crippen LogP contribution in [0.2, 0.25) is 0 Å². The fourth-order valence-electron chi connectivity index (χ4n) is 4.64. The Hall–Kier alpha value is -4.01. The molecular weight excluding hydrogens is 458 g/mol. The molecule has 0 radical (unpaired) electrons. The van der Waals surface area contributed by atoms with Gasteiger partial charge in [0.15, 0.2) is 5.75 Å². The number of nitrogens with zero attached hydrogens (tertiary/aromatic N) is 2. The number of rotatable bonds is 7. The van der Waals surface area contributed by atoms with Crippen molar-refractivity contribution in [2.24, 2.45) is 0 Å². The van der Waals surface area contributed by atoms with Crippen molar-refractivity contribution in [2.45, 2.75) is 51.1 Å². The number of aromatic amines is 1. The van der Waals surface area contributed by atoms with Crippen LogP contribution < -0.4 is 21.8 Å². The van der Waals surface area contributed by atoms with Crippen molar-refractivity contribution in [1.29, 1.82) is 0 Å². The molecule has 1 aliphatic carbocycles. The largest absolute Gasteiger partial charge is 0.505 e. The molecule has 1 atom stereocenters. The molecule has 0 bridgehead atoms. The van der Waals surface area contributed by atoms with E-state index in [1.54, 1.807) is 26.2 Å². The van der Waals surface area contributed by atoms with E-state index in [4.69, 9.17) is 0 Å². The van der Waals surface area contributed by atoms with Gasteiger partial charge in [0.05, 0.1) is 17.3 Å². The SMILES string of the molecule is C[C@@H](Nc1c(Nc2cccc(C(=O)N(C)C)c2O)c(=O)n(C2CCCCC2)[nH]c1=O)c1ccccc1. The smallest absolute Gasteiger partial charge is 0.291 e. The Morgan fingerprint density at radius 3 is 2.39 bits per heavy atom. The third-order valence-electron chi connectivity index (χ3n) is 6.66. The monoisotopic (exact) mass is 491 g/mol. The molecule has 0 saturated heterocycles. The zero-order valence-electron chi connectivity index (χ0n) is 20.9. The zero-order valence-corrected chi connectivity index (χ0v) is 20.9. The van der Waals surface area contributed by atoms with Crippen molar-refractivity contribution in [2.75, 3.05) is 24.7 Å². The maximum absolute atomic E-state index is 13.7. The third kappa shape index (κ3) is 5.15. The summed E-state index contributed by atoms with van der Waals surface area (Å²) in [7, 11) is 3.18. The predicted octanol–water partition coefficient (Wildman–Crippen LogP) is 4.37. The maximum Gasteiger partial charge on any atom is 0.291 e. The summed E-state index contributed by atoms with van der Waals surface area (Å²) in [6, 6.07) is 13.9. The number of phenolic OH excluding ortho intramolecular Hbond substituents is 1. The number of H-pyrrole nitrogens is 1. The third-order valence-corrected chi connectivity index (χ3v) is 6.66. The number of aromatic nitrogens is 2. The summed E-state index contributed by atoms with van der Waals surface area (Å²) in [5.41, 5.74) is 0.467. The quantitative estimate of drug-likeness (QED) is 0.365. The molecule has 4 rings (SSSR count). The predicted molar refractivity (Wildman–Crippen MR) is 141 cm³/mol. The lowest BCUT2D eigenvalue weighted by Crippen LogP contribution is -2.37. The summed E-state index contributed by atoms with van der Waals surface area (Å²) in [5, 5.41) is 19.8.